The van der Waals surface area contributed by atoms with E-state index in [0.717, 1.165) is 5.69 Å². The van der Waals surface area contributed by atoms with Crippen LogP contribution in [0, 0.1) is 10.1 Å². The van der Waals surface area contributed by atoms with Crippen molar-refractivity contribution in [3.05, 3.63) is 51.8 Å². The van der Waals surface area contributed by atoms with Gasteiger partial charge in [0.1, 0.15) is 0 Å². The number of hydrogen-bond donors (Lipinski definition) is 0. The molecule has 0 aliphatic carbocycles. The highest BCUT2D eigenvalue weighted by Crippen LogP contribution is 2.13. The van der Waals surface area contributed by atoms with Crippen molar-refractivity contribution in [1.82, 2.24) is 0 Å². The summed E-state index contributed by atoms with van der Waals surface area (Å²) in [6, 6.07) is 9.23. The van der Waals surface area contributed by atoms with Gasteiger partial charge in [-0.3, -0.25) is 10.1 Å². The smallest absolute Gasteiger partial charge is 0.344 e. The molecule has 0 unspecified atom stereocenters. The fourth-order valence-electron chi connectivity index (χ4n) is 0.945. The van der Waals surface area contributed by atoms with Gasteiger partial charge in [-0.2, -0.15) is 0 Å². The molecule has 4 nitrogen and oxygen atoms in total. The lowest BCUT2D eigenvalue weighted by Gasteiger charge is -2.12. The second-order valence-electron chi connectivity index (χ2n) is 2.66. The van der Waals surface area contributed by atoms with Crippen LogP contribution in [0.15, 0.2) is 41.7 Å². The maximum atomic E-state index is 10.2. The molecule has 1 aromatic carbocycles. The van der Waals surface area contributed by atoms with E-state index in [-0.39, 0.29) is 0 Å². The van der Waals surface area contributed by atoms with Gasteiger partial charge in [0, 0.05) is 12.7 Å². The Bertz CT molecular complexity index is 351. The van der Waals surface area contributed by atoms with Crippen LogP contribution in [0.3, 0.4) is 0 Å². The van der Waals surface area contributed by atoms with Gasteiger partial charge in [-0.05, 0) is 23.7 Å². The number of rotatable bonds is 3. The van der Waals surface area contributed by atoms with E-state index >= 15 is 0 Å². The number of nitrogens with zero attached hydrogens (tertiary/aromatic N) is 2. The second-order valence-corrected chi connectivity index (χ2v) is 3.04. The van der Waals surface area contributed by atoms with E-state index in [1.54, 1.807) is 11.9 Å². The predicted octanol–water partition coefficient (Wildman–Crippen LogP) is 2.44. The summed E-state index contributed by atoms with van der Waals surface area (Å²) in [7, 11) is 1.70. The van der Waals surface area contributed by atoms with Crippen molar-refractivity contribution in [2.45, 2.75) is 0 Å². The number of benzene rings is 1. The molecule has 0 spiro atoms. The Balaban J connectivity index is 2.82. The Kier molecular flexibility index (Phi) is 3.48. The monoisotopic (exact) mass is 212 g/mol. The first kappa shape index (κ1) is 10.5. The molecule has 0 heterocycles. The Hall–Kier alpha value is -1.55. The molecule has 0 aliphatic heterocycles. The molecule has 5 heteroatoms. The quantitative estimate of drug-likeness (QED) is 0.439. The van der Waals surface area contributed by atoms with Crippen molar-refractivity contribution in [3.63, 3.8) is 0 Å². The highest BCUT2D eigenvalue weighted by Gasteiger charge is 2.07. The van der Waals surface area contributed by atoms with Crippen molar-refractivity contribution in [2.75, 3.05) is 11.9 Å². The third-order valence-electron chi connectivity index (χ3n) is 1.64. The number of anilines is 1. The Morgan fingerprint density at radius 3 is 2.57 bits per heavy atom. The van der Waals surface area contributed by atoms with Crippen LogP contribution in [0.1, 0.15) is 0 Å². The van der Waals surface area contributed by atoms with Gasteiger partial charge in [-0.25, -0.2) is 0 Å². The first-order valence-corrected chi connectivity index (χ1v) is 4.28. The van der Waals surface area contributed by atoms with Crippen LogP contribution in [0.2, 0.25) is 0 Å². The number of para-hydroxylation sites is 1. The minimum atomic E-state index is -0.638. The summed E-state index contributed by atoms with van der Waals surface area (Å²) in [5.41, 5.74) is 0.840. The molecule has 0 aromatic heterocycles. The van der Waals surface area contributed by atoms with Gasteiger partial charge in [0.15, 0.2) is 0 Å². The number of nitro groups is 1. The zero-order chi connectivity index (χ0) is 10.6. The minimum absolute atomic E-state index is 0.406. The van der Waals surface area contributed by atoms with Crippen molar-refractivity contribution in [2.24, 2.45) is 0 Å². The summed E-state index contributed by atoms with van der Waals surface area (Å²) in [5.74, 6) is 0. The summed E-state index contributed by atoms with van der Waals surface area (Å²) in [6.07, 6.45) is 1.26. The van der Waals surface area contributed by atoms with Gasteiger partial charge in [-0.15, -0.1) is 0 Å². The summed E-state index contributed by atoms with van der Waals surface area (Å²) >= 11 is 5.38. The van der Waals surface area contributed by atoms with Gasteiger partial charge in [0.05, 0.1) is 11.1 Å². The third kappa shape index (κ3) is 2.74. The van der Waals surface area contributed by atoms with E-state index in [9.17, 15) is 10.1 Å². The average Bonchev–Trinajstić information content (AvgIpc) is 2.19. The molecule has 1 aromatic rings. The van der Waals surface area contributed by atoms with E-state index in [1.807, 2.05) is 30.3 Å². The van der Waals surface area contributed by atoms with Crippen LogP contribution in [0.4, 0.5) is 5.69 Å². The van der Waals surface area contributed by atoms with Crippen LogP contribution in [-0.4, -0.2) is 12.0 Å². The number of hydrogen-bond acceptors (Lipinski definition) is 3. The van der Waals surface area contributed by atoms with Crippen LogP contribution < -0.4 is 4.90 Å². The fourth-order valence-corrected chi connectivity index (χ4v) is 1.09. The van der Waals surface area contributed by atoms with Crippen molar-refractivity contribution >= 4 is 17.3 Å². The molecule has 0 saturated heterocycles. The molecule has 0 bridgehead atoms. The van der Waals surface area contributed by atoms with Gasteiger partial charge < -0.3 is 4.90 Å². The SMILES string of the molecule is CN(/C=C(\Cl)[N+](=O)[O-])c1ccccc1. The predicted molar refractivity (Wildman–Crippen MR) is 55.8 cm³/mol. The topological polar surface area (TPSA) is 46.4 Å². The maximum Gasteiger partial charge on any atom is 0.353 e. The van der Waals surface area contributed by atoms with Crippen LogP contribution in [0.25, 0.3) is 0 Å². The molecular weight excluding hydrogens is 204 g/mol. The van der Waals surface area contributed by atoms with E-state index in [2.05, 4.69) is 0 Å². The van der Waals surface area contributed by atoms with Crippen molar-refractivity contribution in [1.29, 1.82) is 0 Å². The first-order chi connectivity index (χ1) is 6.61. The summed E-state index contributed by atoms with van der Waals surface area (Å²) < 4.78 is 0. The van der Waals surface area contributed by atoms with E-state index in [0.29, 0.717) is 0 Å². The molecule has 0 amide bonds. The highest BCUT2D eigenvalue weighted by molar-refractivity contribution is 6.28. The fraction of sp³-hybridized carbons (Fsp3) is 0.111. The van der Waals surface area contributed by atoms with Gasteiger partial charge >= 0.3 is 5.16 Å². The minimum Gasteiger partial charge on any atom is -0.344 e. The van der Waals surface area contributed by atoms with E-state index < -0.39 is 10.1 Å². The summed E-state index contributed by atoms with van der Waals surface area (Å²) in [6.45, 7) is 0. The molecule has 0 atom stereocenters. The normalized spacial score (nSPS) is 11.1. The van der Waals surface area contributed by atoms with Crippen molar-refractivity contribution < 1.29 is 4.92 Å². The van der Waals surface area contributed by atoms with Crippen LogP contribution in [0.5, 0.6) is 0 Å². The summed E-state index contributed by atoms with van der Waals surface area (Å²) in [4.78, 5) is 11.2. The molecule has 0 radical (unpaired) electrons. The van der Waals surface area contributed by atoms with Gasteiger partial charge in [0.2, 0.25) is 0 Å². The van der Waals surface area contributed by atoms with Gasteiger partial charge in [0.25, 0.3) is 0 Å². The van der Waals surface area contributed by atoms with Crippen LogP contribution in [-0.2, 0) is 0 Å². The lowest BCUT2D eigenvalue weighted by Crippen LogP contribution is -2.10. The Morgan fingerprint density at radius 1 is 1.50 bits per heavy atom. The first-order valence-electron chi connectivity index (χ1n) is 3.91. The largest absolute Gasteiger partial charge is 0.353 e. The molecular formula is C9H9ClN2O2. The Morgan fingerprint density at radius 2 is 2.07 bits per heavy atom. The zero-order valence-corrected chi connectivity index (χ0v) is 8.31. The Labute approximate surface area is 86.6 Å². The second kappa shape index (κ2) is 4.62. The number of halogens is 1. The molecule has 0 N–H and O–H groups in total. The zero-order valence-electron chi connectivity index (χ0n) is 7.55. The van der Waals surface area contributed by atoms with Crippen LogP contribution >= 0.6 is 11.6 Å². The molecule has 14 heavy (non-hydrogen) atoms. The summed E-state index contributed by atoms with van der Waals surface area (Å²) in [5, 5.41) is 9.84. The van der Waals surface area contributed by atoms with E-state index in [4.69, 9.17) is 11.6 Å². The lowest BCUT2D eigenvalue weighted by atomic mass is 10.3. The molecule has 0 aliphatic rings. The lowest BCUT2D eigenvalue weighted by molar-refractivity contribution is -0.412. The molecule has 0 saturated carbocycles. The highest BCUT2D eigenvalue weighted by atomic mass is 35.5. The van der Waals surface area contributed by atoms with Crippen molar-refractivity contribution in [3.8, 4) is 0 Å². The maximum absolute atomic E-state index is 10.2. The average molecular weight is 213 g/mol. The third-order valence-corrected chi connectivity index (χ3v) is 1.87. The van der Waals surface area contributed by atoms with E-state index in [1.165, 1.54) is 6.20 Å². The standard InChI is InChI=1S/C9H9ClN2O2/c1-11(7-9(10)12(13)14)8-5-3-2-4-6-8/h2-7H,1H3/b9-7+. The molecule has 74 valence electrons. The molecule has 1 rings (SSSR count). The molecule has 0 fully saturated rings. The van der Waals surface area contributed by atoms with Gasteiger partial charge in [-0.1, -0.05) is 18.2 Å².